The second-order valence-corrected chi connectivity index (χ2v) is 6.10. The summed E-state index contributed by atoms with van der Waals surface area (Å²) >= 11 is 6.00. The van der Waals surface area contributed by atoms with Gasteiger partial charge in [0.15, 0.2) is 0 Å². The van der Waals surface area contributed by atoms with Gasteiger partial charge in [0.1, 0.15) is 0 Å². The van der Waals surface area contributed by atoms with Crippen molar-refractivity contribution >= 4 is 29.9 Å². The number of nitrogens with two attached hydrogens (primary N) is 1. The van der Waals surface area contributed by atoms with Crippen molar-refractivity contribution in [3.05, 3.63) is 34.9 Å². The summed E-state index contributed by atoms with van der Waals surface area (Å²) in [6, 6.07) is 7.65. The largest absolute Gasteiger partial charge is 0.337 e. The van der Waals surface area contributed by atoms with Crippen LogP contribution in [0.25, 0.3) is 0 Å². The van der Waals surface area contributed by atoms with Crippen LogP contribution in [-0.2, 0) is 11.3 Å². The molecule has 2 rings (SSSR count). The third-order valence-corrected chi connectivity index (χ3v) is 4.34. The number of amides is 1. The van der Waals surface area contributed by atoms with Gasteiger partial charge in [-0.05, 0) is 37.5 Å². The molecule has 0 saturated heterocycles. The maximum atomic E-state index is 12.7. The Kier molecular flexibility index (Phi) is 6.98. The van der Waals surface area contributed by atoms with E-state index in [0.717, 1.165) is 31.2 Å². The molecule has 0 aliphatic heterocycles. The summed E-state index contributed by atoms with van der Waals surface area (Å²) in [7, 11) is 0. The van der Waals surface area contributed by atoms with Crippen LogP contribution in [-0.4, -0.2) is 22.9 Å². The third-order valence-electron chi connectivity index (χ3n) is 4.10. The molecule has 21 heavy (non-hydrogen) atoms. The van der Waals surface area contributed by atoms with Crippen LogP contribution in [0.5, 0.6) is 0 Å². The molecular weight excluding hydrogens is 307 g/mol. The van der Waals surface area contributed by atoms with Gasteiger partial charge in [0.2, 0.25) is 5.91 Å². The molecule has 1 fully saturated rings. The van der Waals surface area contributed by atoms with Gasteiger partial charge in [-0.15, -0.1) is 12.4 Å². The molecule has 0 unspecified atom stereocenters. The van der Waals surface area contributed by atoms with Crippen molar-refractivity contribution in [1.82, 2.24) is 4.90 Å². The summed E-state index contributed by atoms with van der Waals surface area (Å²) in [5, 5.41) is 0.700. The highest BCUT2D eigenvalue weighted by Gasteiger charge is 2.37. The van der Waals surface area contributed by atoms with E-state index in [1.54, 1.807) is 0 Å². The number of halogens is 2. The van der Waals surface area contributed by atoms with Gasteiger partial charge >= 0.3 is 0 Å². The second-order valence-electron chi connectivity index (χ2n) is 5.67. The van der Waals surface area contributed by atoms with Crippen molar-refractivity contribution in [2.24, 2.45) is 5.73 Å². The average molecular weight is 331 g/mol. The van der Waals surface area contributed by atoms with Crippen LogP contribution >= 0.6 is 24.0 Å². The summed E-state index contributed by atoms with van der Waals surface area (Å²) in [5.74, 6) is 0.0830. The zero-order valence-electron chi connectivity index (χ0n) is 12.5. The van der Waals surface area contributed by atoms with Gasteiger partial charge in [-0.2, -0.15) is 0 Å². The maximum Gasteiger partial charge on any atom is 0.242 e. The van der Waals surface area contributed by atoms with Crippen molar-refractivity contribution in [2.75, 3.05) is 6.54 Å². The van der Waals surface area contributed by atoms with Gasteiger partial charge in [-0.25, -0.2) is 0 Å². The molecule has 1 aromatic carbocycles. The van der Waals surface area contributed by atoms with E-state index in [1.807, 2.05) is 36.1 Å². The first-order valence-electron chi connectivity index (χ1n) is 7.38. The number of rotatable bonds is 4. The number of carbonyl (C=O) groups is 1. The fourth-order valence-corrected chi connectivity index (χ4v) is 3.11. The topological polar surface area (TPSA) is 46.3 Å². The van der Waals surface area contributed by atoms with Crippen LogP contribution in [0.2, 0.25) is 5.02 Å². The zero-order chi connectivity index (χ0) is 14.6. The first-order chi connectivity index (χ1) is 9.55. The number of hydrogen-bond acceptors (Lipinski definition) is 2. The first kappa shape index (κ1) is 18.3. The molecule has 1 aliphatic rings. The zero-order valence-corrected chi connectivity index (χ0v) is 14.1. The Bertz CT molecular complexity index is 473. The van der Waals surface area contributed by atoms with E-state index in [-0.39, 0.29) is 18.3 Å². The monoisotopic (exact) mass is 330 g/mol. The predicted molar refractivity (Wildman–Crippen MR) is 89.8 cm³/mol. The van der Waals surface area contributed by atoms with E-state index < -0.39 is 5.54 Å². The van der Waals surface area contributed by atoms with Gasteiger partial charge in [-0.3, -0.25) is 4.79 Å². The van der Waals surface area contributed by atoms with Crippen LogP contribution in [0.4, 0.5) is 0 Å². The smallest absolute Gasteiger partial charge is 0.242 e. The minimum Gasteiger partial charge on any atom is -0.337 e. The molecule has 0 bridgehead atoms. The second kappa shape index (κ2) is 8.02. The van der Waals surface area contributed by atoms with Crippen molar-refractivity contribution in [3.8, 4) is 0 Å². The van der Waals surface area contributed by atoms with Gasteiger partial charge < -0.3 is 10.6 Å². The van der Waals surface area contributed by atoms with E-state index in [2.05, 4.69) is 0 Å². The SMILES string of the molecule is CCN(Cc1cccc(Cl)c1)C(=O)C1(N)CCCCC1.Cl. The Balaban J connectivity index is 0.00000220. The predicted octanol–water partition coefficient (Wildman–Crippen LogP) is 3.77. The summed E-state index contributed by atoms with van der Waals surface area (Å²) in [5.41, 5.74) is 6.73. The number of hydrogen-bond donors (Lipinski definition) is 1. The minimum atomic E-state index is -0.660. The van der Waals surface area contributed by atoms with Crippen LogP contribution in [0.1, 0.15) is 44.6 Å². The highest BCUT2D eigenvalue weighted by molar-refractivity contribution is 6.30. The van der Waals surface area contributed by atoms with Crippen LogP contribution < -0.4 is 5.73 Å². The Morgan fingerprint density at radius 2 is 2.00 bits per heavy atom. The molecule has 0 aromatic heterocycles. The summed E-state index contributed by atoms with van der Waals surface area (Å²) < 4.78 is 0. The number of carbonyl (C=O) groups excluding carboxylic acids is 1. The number of nitrogens with zero attached hydrogens (tertiary/aromatic N) is 1. The molecule has 1 amide bonds. The molecule has 3 nitrogen and oxygen atoms in total. The Morgan fingerprint density at radius 3 is 2.57 bits per heavy atom. The number of likely N-dealkylation sites (N-methyl/N-ethyl adjacent to an activating group) is 1. The highest BCUT2D eigenvalue weighted by Crippen LogP contribution is 2.28. The maximum absolute atomic E-state index is 12.7. The molecule has 0 atom stereocenters. The van der Waals surface area contributed by atoms with E-state index in [4.69, 9.17) is 17.3 Å². The van der Waals surface area contributed by atoms with E-state index >= 15 is 0 Å². The van der Waals surface area contributed by atoms with E-state index in [9.17, 15) is 4.79 Å². The molecule has 1 aromatic rings. The molecule has 1 aliphatic carbocycles. The van der Waals surface area contributed by atoms with Crippen LogP contribution in [0.15, 0.2) is 24.3 Å². The lowest BCUT2D eigenvalue weighted by Gasteiger charge is -2.36. The lowest BCUT2D eigenvalue weighted by Crippen LogP contribution is -2.56. The molecule has 118 valence electrons. The molecule has 0 spiro atoms. The lowest BCUT2D eigenvalue weighted by atomic mass is 9.81. The standard InChI is InChI=1S/C16H23ClN2O.ClH/c1-2-19(12-13-7-6-8-14(17)11-13)15(20)16(18)9-4-3-5-10-16;/h6-8,11H,2-5,9-10,12,18H2,1H3;1H. The number of benzene rings is 1. The quantitative estimate of drug-likeness (QED) is 0.913. The van der Waals surface area contributed by atoms with Crippen molar-refractivity contribution in [1.29, 1.82) is 0 Å². The van der Waals surface area contributed by atoms with Crippen molar-refractivity contribution < 1.29 is 4.79 Å². The fraction of sp³-hybridized carbons (Fsp3) is 0.562. The van der Waals surface area contributed by atoms with Crippen LogP contribution in [0, 0.1) is 0 Å². The molecule has 2 N–H and O–H groups in total. The molecule has 0 heterocycles. The highest BCUT2D eigenvalue weighted by atomic mass is 35.5. The van der Waals surface area contributed by atoms with E-state index in [0.29, 0.717) is 18.1 Å². The Labute approximate surface area is 138 Å². The van der Waals surface area contributed by atoms with Crippen molar-refractivity contribution in [3.63, 3.8) is 0 Å². The van der Waals surface area contributed by atoms with Gasteiger partial charge in [0.25, 0.3) is 0 Å². The summed E-state index contributed by atoms with van der Waals surface area (Å²) in [6.07, 6.45) is 4.90. The molecule has 1 saturated carbocycles. The fourth-order valence-electron chi connectivity index (χ4n) is 2.89. The summed E-state index contributed by atoms with van der Waals surface area (Å²) in [4.78, 5) is 14.6. The Morgan fingerprint density at radius 1 is 1.33 bits per heavy atom. The molecular formula is C16H24Cl2N2O. The van der Waals surface area contributed by atoms with E-state index in [1.165, 1.54) is 6.42 Å². The first-order valence-corrected chi connectivity index (χ1v) is 7.75. The third kappa shape index (κ3) is 4.60. The summed E-state index contributed by atoms with van der Waals surface area (Å²) in [6.45, 7) is 3.24. The van der Waals surface area contributed by atoms with Gasteiger partial charge in [-0.1, -0.05) is 43.0 Å². The lowest BCUT2D eigenvalue weighted by molar-refractivity contribution is -0.138. The Hall–Kier alpha value is -0.770. The average Bonchev–Trinajstić information content (AvgIpc) is 2.45. The van der Waals surface area contributed by atoms with Crippen LogP contribution in [0.3, 0.4) is 0 Å². The van der Waals surface area contributed by atoms with Crippen molar-refractivity contribution in [2.45, 2.75) is 51.1 Å². The van der Waals surface area contributed by atoms with Gasteiger partial charge in [0.05, 0.1) is 5.54 Å². The minimum absolute atomic E-state index is 0. The van der Waals surface area contributed by atoms with Gasteiger partial charge in [0, 0.05) is 18.1 Å². The molecule has 0 radical (unpaired) electrons. The molecule has 5 heteroatoms. The normalized spacial score (nSPS) is 16.9.